The van der Waals surface area contributed by atoms with Gasteiger partial charge < -0.3 is 0 Å². The first kappa shape index (κ1) is 8.90. The van der Waals surface area contributed by atoms with Gasteiger partial charge in [-0.3, -0.25) is 0 Å². The Balaban J connectivity index is 2.21. The first-order valence-electron chi connectivity index (χ1n) is 5.53. The van der Waals surface area contributed by atoms with Crippen molar-refractivity contribution in [2.24, 2.45) is 0 Å². The van der Waals surface area contributed by atoms with Crippen molar-refractivity contribution >= 4 is 10.8 Å². The van der Waals surface area contributed by atoms with Crippen LogP contribution >= 0.6 is 0 Å². The standard InChI is InChI=1S/C14H13F/c15-12-7-8-14-11(9-12)5-2-6-13(14)10-3-1-4-10/h2,5-10H,1,3-4H2. The first-order chi connectivity index (χ1) is 7.34. The first-order valence-corrected chi connectivity index (χ1v) is 5.53. The molecular weight excluding hydrogens is 187 g/mol. The molecule has 0 heterocycles. The van der Waals surface area contributed by atoms with Crippen molar-refractivity contribution in [1.29, 1.82) is 0 Å². The van der Waals surface area contributed by atoms with Gasteiger partial charge in [-0.15, -0.1) is 0 Å². The van der Waals surface area contributed by atoms with Crippen LogP contribution in [0.2, 0.25) is 0 Å². The summed E-state index contributed by atoms with van der Waals surface area (Å²) in [5.74, 6) is 0.562. The molecule has 2 aromatic rings. The van der Waals surface area contributed by atoms with Crippen molar-refractivity contribution in [3.05, 3.63) is 47.8 Å². The molecule has 0 atom stereocenters. The fraction of sp³-hybridized carbons (Fsp3) is 0.286. The van der Waals surface area contributed by atoms with Gasteiger partial charge in [0, 0.05) is 0 Å². The predicted octanol–water partition coefficient (Wildman–Crippen LogP) is 4.25. The Bertz CT molecular complexity index is 498. The highest BCUT2D eigenvalue weighted by molar-refractivity contribution is 5.86. The molecule has 0 N–H and O–H groups in total. The van der Waals surface area contributed by atoms with E-state index >= 15 is 0 Å². The molecule has 0 spiro atoms. The minimum Gasteiger partial charge on any atom is -0.207 e. The summed E-state index contributed by atoms with van der Waals surface area (Å²) < 4.78 is 13.1. The van der Waals surface area contributed by atoms with Crippen molar-refractivity contribution in [1.82, 2.24) is 0 Å². The third-order valence-electron chi connectivity index (χ3n) is 3.42. The van der Waals surface area contributed by atoms with E-state index in [1.54, 1.807) is 12.1 Å². The lowest BCUT2D eigenvalue weighted by Crippen LogP contribution is -2.08. The molecule has 1 aliphatic carbocycles. The summed E-state index contributed by atoms with van der Waals surface area (Å²) >= 11 is 0. The molecule has 1 heteroatoms. The van der Waals surface area contributed by atoms with Crippen molar-refractivity contribution in [2.45, 2.75) is 25.2 Å². The van der Waals surface area contributed by atoms with Gasteiger partial charge in [0.2, 0.25) is 0 Å². The highest BCUT2D eigenvalue weighted by Crippen LogP contribution is 2.39. The summed E-state index contributed by atoms with van der Waals surface area (Å²) in [7, 11) is 0. The van der Waals surface area contributed by atoms with Crippen LogP contribution in [0.25, 0.3) is 10.8 Å². The van der Waals surface area contributed by atoms with E-state index in [0.29, 0.717) is 5.92 Å². The Morgan fingerprint density at radius 3 is 2.67 bits per heavy atom. The minimum absolute atomic E-state index is 0.145. The Labute approximate surface area is 88.7 Å². The summed E-state index contributed by atoms with van der Waals surface area (Å²) in [5.41, 5.74) is 1.40. The van der Waals surface area contributed by atoms with Gasteiger partial charge in [-0.05, 0) is 47.2 Å². The Hall–Kier alpha value is -1.37. The second kappa shape index (κ2) is 3.34. The molecule has 0 radical (unpaired) electrons. The zero-order valence-corrected chi connectivity index (χ0v) is 8.54. The lowest BCUT2D eigenvalue weighted by molar-refractivity contribution is 0.422. The molecule has 76 valence electrons. The number of fused-ring (bicyclic) bond motifs is 1. The normalized spacial score (nSPS) is 16.6. The van der Waals surface area contributed by atoms with Crippen molar-refractivity contribution < 1.29 is 4.39 Å². The number of benzene rings is 2. The smallest absolute Gasteiger partial charge is 0.123 e. The molecule has 1 fully saturated rings. The van der Waals surface area contributed by atoms with E-state index in [1.807, 2.05) is 18.2 Å². The molecule has 0 nitrogen and oxygen atoms in total. The monoisotopic (exact) mass is 200 g/mol. The summed E-state index contributed by atoms with van der Waals surface area (Å²) in [6, 6.07) is 11.3. The molecule has 0 amide bonds. The van der Waals surface area contributed by atoms with Gasteiger partial charge in [-0.25, -0.2) is 4.39 Å². The number of rotatable bonds is 1. The lowest BCUT2D eigenvalue weighted by atomic mass is 9.78. The van der Waals surface area contributed by atoms with E-state index in [-0.39, 0.29) is 5.82 Å². The predicted molar refractivity (Wildman–Crippen MR) is 60.5 cm³/mol. The molecule has 2 aromatic carbocycles. The molecular formula is C14H13F. The van der Waals surface area contributed by atoms with Crippen LogP contribution < -0.4 is 0 Å². The topological polar surface area (TPSA) is 0 Å². The van der Waals surface area contributed by atoms with Crippen LogP contribution in [0, 0.1) is 5.82 Å². The molecule has 0 unspecified atom stereocenters. The summed E-state index contributed by atoms with van der Waals surface area (Å²) in [6.07, 6.45) is 3.91. The number of hydrogen-bond donors (Lipinski definition) is 0. The van der Waals surface area contributed by atoms with Crippen LogP contribution in [0.5, 0.6) is 0 Å². The molecule has 1 saturated carbocycles. The van der Waals surface area contributed by atoms with Gasteiger partial charge in [0.05, 0.1) is 0 Å². The Kier molecular flexibility index (Phi) is 1.98. The van der Waals surface area contributed by atoms with E-state index in [1.165, 1.54) is 30.2 Å². The van der Waals surface area contributed by atoms with Crippen molar-refractivity contribution in [3.8, 4) is 0 Å². The highest BCUT2D eigenvalue weighted by Gasteiger charge is 2.20. The fourth-order valence-electron chi connectivity index (χ4n) is 2.35. The van der Waals surface area contributed by atoms with E-state index in [9.17, 15) is 4.39 Å². The maximum atomic E-state index is 13.1. The third-order valence-corrected chi connectivity index (χ3v) is 3.42. The zero-order chi connectivity index (χ0) is 10.3. The maximum Gasteiger partial charge on any atom is 0.123 e. The molecule has 0 aromatic heterocycles. The van der Waals surface area contributed by atoms with Crippen molar-refractivity contribution in [3.63, 3.8) is 0 Å². The summed E-state index contributed by atoms with van der Waals surface area (Å²) in [4.78, 5) is 0. The average Bonchev–Trinajstić information content (AvgIpc) is 2.15. The van der Waals surface area contributed by atoms with Gasteiger partial charge in [0.25, 0.3) is 0 Å². The van der Waals surface area contributed by atoms with Crippen LogP contribution in [0.15, 0.2) is 36.4 Å². The average molecular weight is 200 g/mol. The van der Waals surface area contributed by atoms with Gasteiger partial charge in [-0.2, -0.15) is 0 Å². The summed E-state index contributed by atoms with van der Waals surface area (Å²) in [6.45, 7) is 0. The molecule has 15 heavy (non-hydrogen) atoms. The van der Waals surface area contributed by atoms with Crippen LogP contribution in [-0.2, 0) is 0 Å². The molecule has 0 saturated heterocycles. The quantitative estimate of drug-likeness (QED) is 0.645. The van der Waals surface area contributed by atoms with Gasteiger partial charge in [-0.1, -0.05) is 30.7 Å². The van der Waals surface area contributed by atoms with Crippen molar-refractivity contribution in [2.75, 3.05) is 0 Å². The van der Waals surface area contributed by atoms with Gasteiger partial charge in [0.1, 0.15) is 5.82 Å². The van der Waals surface area contributed by atoms with E-state index in [2.05, 4.69) is 6.07 Å². The fourth-order valence-corrected chi connectivity index (χ4v) is 2.35. The lowest BCUT2D eigenvalue weighted by Gasteiger charge is -2.27. The number of halogens is 1. The minimum atomic E-state index is -0.145. The van der Waals surface area contributed by atoms with E-state index < -0.39 is 0 Å². The van der Waals surface area contributed by atoms with Crippen LogP contribution in [0.1, 0.15) is 30.7 Å². The second-order valence-corrected chi connectivity index (χ2v) is 4.34. The maximum absolute atomic E-state index is 13.1. The Morgan fingerprint density at radius 2 is 1.93 bits per heavy atom. The largest absolute Gasteiger partial charge is 0.207 e. The van der Waals surface area contributed by atoms with Gasteiger partial charge >= 0.3 is 0 Å². The van der Waals surface area contributed by atoms with Crippen LogP contribution in [-0.4, -0.2) is 0 Å². The van der Waals surface area contributed by atoms with Crippen LogP contribution in [0.3, 0.4) is 0 Å². The molecule has 0 bridgehead atoms. The Morgan fingerprint density at radius 1 is 1.07 bits per heavy atom. The SMILES string of the molecule is Fc1ccc2c(C3CCC3)cccc2c1. The molecule has 3 rings (SSSR count). The third kappa shape index (κ3) is 1.43. The summed E-state index contributed by atoms with van der Waals surface area (Å²) in [5, 5.41) is 2.25. The highest BCUT2D eigenvalue weighted by atomic mass is 19.1. The second-order valence-electron chi connectivity index (χ2n) is 4.34. The van der Waals surface area contributed by atoms with Crippen LogP contribution in [0.4, 0.5) is 4.39 Å². The van der Waals surface area contributed by atoms with E-state index in [0.717, 1.165) is 5.39 Å². The van der Waals surface area contributed by atoms with Gasteiger partial charge in [0.15, 0.2) is 0 Å². The zero-order valence-electron chi connectivity index (χ0n) is 8.54. The molecule has 1 aliphatic rings. The number of hydrogen-bond acceptors (Lipinski definition) is 0. The molecule has 0 aliphatic heterocycles. The van der Waals surface area contributed by atoms with E-state index in [4.69, 9.17) is 0 Å².